The number of aromatic amines is 1. The van der Waals surface area contributed by atoms with Crippen molar-refractivity contribution in [1.29, 1.82) is 0 Å². The number of anilines is 2. The smallest absolute Gasteiger partial charge is 0.270 e. The molecule has 0 radical (unpaired) electrons. The predicted octanol–water partition coefficient (Wildman–Crippen LogP) is 2.99. The van der Waals surface area contributed by atoms with E-state index in [4.69, 9.17) is 5.73 Å². The number of carbonyl (C=O) groups excluding carboxylic acids is 2. The zero-order valence-electron chi connectivity index (χ0n) is 15.6. The van der Waals surface area contributed by atoms with Crippen LogP contribution in [0.4, 0.5) is 20.3 Å². The predicted molar refractivity (Wildman–Crippen MR) is 101 cm³/mol. The van der Waals surface area contributed by atoms with Gasteiger partial charge in [0.15, 0.2) is 0 Å². The van der Waals surface area contributed by atoms with Crippen molar-refractivity contribution in [2.75, 3.05) is 24.5 Å². The number of hydrogen-bond donors (Lipinski definition) is 2. The summed E-state index contributed by atoms with van der Waals surface area (Å²) in [5.74, 6) is -2.88. The highest BCUT2D eigenvalue weighted by molar-refractivity contribution is 5.95. The van der Waals surface area contributed by atoms with E-state index < -0.39 is 24.3 Å². The number of nitrogens with one attached hydrogen (secondary N) is 1. The third kappa shape index (κ3) is 3.23. The van der Waals surface area contributed by atoms with Gasteiger partial charge in [-0.3, -0.25) is 9.59 Å². The third-order valence-electron chi connectivity index (χ3n) is 5.45. The van der Waals surface area contributed by atoms with Gasteiger partial charge in [0, 0.05) is 30.8 Å². The number of aryl methyl sites for hydroxylation is 2. The molecule has 2 aliphatic heterocycles. The molecule has 2 amide bonds. The van der Waals surface area contributed by atoms with Crippen LogP contribution in [0.5, 0.6) is 0 Å². The second-order valence-electron chi connectivity index (χ2n) is 7.51. The van der Waals surface area contributed by atoms with E-state index in [0.29, 0.717) is 11.3 Å². The molecule has 2 aliphatic rings. The van der Waals surface area contributed by atoms with Crippen LogP contribution in [-0.2, 0) is 6.42 Å². The minimum Gasteiger partial charge on any atom is -0.366 e. The summed E-state index contributed by atoms with van der Waals surface area (Å²) in [6.07, 6.45) is 1.41. The van der Waals surface area contributed by atoms with Crippen LogP contribution < -0.4 is 10.6 Å². The lowest BCUT2D eigenvalue weighted by Gasteiger charge is -2.29. The fraction of sp³-hybridized carbons (Fsp3) is 0.400. The van der Waals surface area contributed by atoms with E-state index in [1.807, 2.05) is 24.0 Å². The average molecular weight is 388 g/mol. The minimum atomic E-state index is -2.81. The van der Waals surface area contributed by atoms with Crippen molar-refractivity contribution < 1.29 is 18.4 Å². The number of likely N-dealkylation sites (tertiary alicyclic amines) is 1. The van der Waals surface area contributed by atoms with Crippen molar-refractivity contribution in [2.24, 2.45) is 5.73 Å². The number of nitrogens with two attached hydrogens (primary N) is 1. The van der Waals surface area contributed by atoms with E-state index in [-0.39, 0.29) is 13.0 Å². The van der Waals surface area contributed by atoms with Crippen LogP contribution in [0.1, 0.15) is 44.8 Å². The summed E-state index contributed by atoms with van der Waals surface area (Å²) in [5, 5.41) is 0. The fourth-order valence-electron chi connectivity index (χ4n) is 4.00. The Bertz CT molecular complexity index is 954. The third-order valence-corrected chi connectivity index (χ3v) is 5.45. The normalized spacial score (nSPS) is 18.2. The zero-order chi connectivity index (χ0) is 20.1. The Morgan fingerprint density at radius 1 is 1.21 bits per heavy atom. The number of primary amides is 1. The molecule has 6 nitrogen and oxygen atoms in total. The van der Waals surface area contributed by atoms with E-state index >= 15 is 0 Å². The van der Waals surface area contributed by atoms with Gasteiger partial charge < -0.3 is 20.5 Å². The molecule has 0 spiro atoms. The lowest BCUT2D eigenvalue weighted by atomic mass is 10.0. The van der Waals surface area contributed by atoms with Crippen molar-refractivity contribution in [2.45, 2.75) is 32.1 Å². The summed E-state index contributed by atoms with van der Waals surface area (Å²) in [5.41, 5.74) is 8.83. The molecular weight excluding hydrogens is 366 g/mol. The Kier molecular flexibility index (Phi) is 4.36. The molecule has 1 aromatic heterocycles. The van der Waals surface area contributed by atoms with Crippen molar-refractivity contribution in [3.63, 3.8) is 0 Å². The molecule has 1 aromatic carbocycles. The molecule has 3 heterocycles. The van der Waals surface area contributed by atoms with Gasteiger partial charge in [-0.25, -0.2) is 8.78 Å². The number of hydrogen-bond acceptors (Lipinski definition) is 3. The second kappa shape index (κ2) is 6.61. The lowest BCUT2D eigenvalue weighted by Crippen LogP contribution is -2.31. The number of carbonyl (C=O) groups is 2. The Morgan fingerprint density at radius 3 is 2.64 bits per heavy atom. The first-order chi connectivity index (χ1) is 13.2. The van der Waals surface area contributed by atoms with Crippen LogP contribution in [0.3, 0.4) is 0 Å². The standard InChI is InChI=1S/C20H22F2N4O2/c1-12-9-14(4-5-15(12)17(23)27)26-7-2-3-13-10-16(24-18(13)26)19(28)25-8-6-20(21,22)11-25/h4-5,9-10,24H,2-3,6-8,11H2,1H3,(H2,23,27). The molecule has 1 fully saturated rings. The Hall–Kier alpha value is -2.90. The van der Waals surface area contributed by atoms with E-state index in [9.17, 15) is 18.4 Å². The number of halogens is 2. The highest BCUT2D eigenvalue weighted by Gasteiger charge is 2.41. The van der Waals surface area contributed by atoms with Gasteiger partial charge in [0.05, 0.1) is 6.54 Å². The fourth-order valence-corrected chi connectivity index (χ4v) is 4.00. The molecule has 1 saturated heterocycles. The lowest BCUT2D eigenvalue weighted by molar-refractivity contribution is 0.0119. The second-order valence-corrected chi connectivity index (χ2v) is 7.51. The van der Waals surface area contributed by atoms with Gasteiger partial charge >= 0.3 is 0 Å². The largest absolute Gasteiger partial charge is 0.366 e. The number of aromatic nitrogens is 1. The van der Waals surface area contributed by atoms with Crippen LogP contribution in [0.15, 0.2) is 24.3 Å². The number of alkyl halides is 2. The number of benzene rings is 1. The Morgan fingerprint density at radius 2 is 2.00 bits per heavy atom. The number of amides is 2. The Labute approximate surface area is 161 Å². The van der Waals surface area contributed by atoms with Crippen molar-refractivity contribution in [3.05, 3.63) is 46.6 Å². The van der Waals surface area contributed by atoms with Crippen molar-refractivity contribution >= 4 is 23.3 Å². The van der Waals surface area contributed by atoms with E-state index in [1.54, 1.807) is 12.1 Å². The summed E-state index contributed by atoms with van der Waals surface area (Å²) in [6.45, 7) is 2.10. The molecule has 0 saturated carbocycles. The Balaban J connectivity index is 1.63. The summed E-state index contributed by atoms with van der Waals surface area (Å²) in [4.78, 5) is 30.5. The summed E-state index contributed by atoms with van der Waals surface area (Å²) < 4.78 is 26.9. The molecule has 0 atom stereocenters. The molecule has 3 N–H and O–H groups in total. The number of H-pyrrole nitrogens is 1. The topological polar surface area (TPSA) is 82.4 Å². The molecule has 8 heteroatoms. The summed E-state index contributed by atoms with van der Waals surface area (Å²) >= 11 is 0. The first-order valence-corrected chi connectivity index (χ1v) is 9.32. The molecule has 4 rings (SSSR count). The molecule has 0 aliphatic carbocycles. The zero-order valence-corrected chi connectivity index (χ0v) is 15.6. The van der Waals surface area contributed by atoms with Crippen molar-refractivity contribution in [3.8, 4) is 0 Å². The average Bonchev–Trinajstić information content (AvgIpc) is 3.23. The number of fused-ring (bicyclic) bond motifs is 1. The van der Waals surface area contributed by atoms with E-state index in [2.05, 4.69) is 4.98 Å². The molecule has 28 heavy (non-hydrogen) atoms. The van der Waals surface area contributed by atoms with Crippen LogP contribution in [-0.4, -0.2) is 47.3 Å². The van der Waals surface area contributed by atoms with Gasteiger partial charge in [-0.1, -0.05) is 0 Å². The van der Waals surface area contributed by atoms with Gasteiger partial charge in [-0.2, -0.15) is 0 Å². The molecule has 148 valence electrons. The molecule has 0 bridgehead atoms. The minimum absolute atomic E-state index is 0.0625. The molecule has 2 aromatic rings. The quantitative estimate of drug-likeness (QED) is 0.848. The summed E-state index contributed by atoms with van der Waals surface area (Å²) in [7, 11) is 0. The van der Waals surface area contributed by atoms with Crippen molar-refractivity contribution in [1.82, 2.24) is 9.88 Å². The number of nitrogens with zero attached hydrogens (tertiary/aromatic N) is 2. The van der Waals surface area contributed by atoms with Gasteiger partial charge in [0.2, 0.25) is 5.91 Å². The summed E-state index contributed by atoms with van der Waals surface area (Å²) in [6, 6.07) is 7.18. The van der Waals surface area contributed by atoms with Gasteiger partial charge in [-0.15, -0.1) is 0 Å². The van der Waals surface area contributed by atoms with Gasteiger partial charge in [0.25, 0.3) is 11.8 Å². The highest BCUT2D eigenvalue weighted by Crippen LogP contribution is 2.35. The maximum Gasteiger partial charge on any atom is 0.270 e. The maximum atomic E-state index is 13.5. The molecular formula is C20H22F2N4O2. The van der Waals surface area contributed by atoms with Crippen LogP contribution in [0.2, 0.25) is 0 Å². The molecule has 0 unspecified atom stereocenters. The van der Waals surface area contributed by atoms with Gasteiger partial charge in [0.1, 0.15) is 11.5 Å². The van der Waals surface area contributed by atoms with Crippen LogP contribution in [0, 0.1) is 6.92 Å². The van der Waals surface area contributed by atoms with Crippen LogP contribution in [0.25, 0.3) is 0 Å². The van der Waals surface area contributed by atoms with E-state index in [1.165, 1.54) is 4.90 Å². The highest BCUT2D eigenvalue weighted by atomic mass is 19.3. The van der Waals surface area contributed by atoms with E-state index in [0.717, 1.165) is 42.0 Å². The first kappa shape index (κ1) is 18.5. The van der Waals surface area contributed by atoms with Crippen LogP contribution >= 0.6 is 0 Å². The monoisotopic (exact) mass is 388 g/mol. The van der Waals surface area contributed by atoms with Gasteiger partial charge in [-0.05, 0) is 55.2 Å². The maximum absolute atomic E-state index is 13.5. The number of rotatable bonds is 3. The first-order valence-electron chi connectivity index (χ1n) is 9.32. The SMILES string of the molecule is Cc1cc(N2CCCc3cc(C(=O)N4CCC(F)(F)C4)[nH]c32)ccc1C(N)=O.